The Morgan fingerprint density at radius 3 is 1.18 bits per heavy atom. The number of nitrogens with zero attached hydrogens (tertiary/aromatic N) is 6. The average molecular weight is 767 g/mol. The molecule has 0 aliphatic carbocycles. The fourth-order valence-corrected chi connectivity index (χ4v) is 9.35. The molecule has 0 saturated heterocycles. The van der Waals surface area contributed by atoms with Gasteiger partial charge < -0.3 is 0 Å². The molecule has 0 unspecified atom stereocenters. The molecule has 7 nitrogen and oxygen atoms in total. The van der Waals surface area contributed by atoms with Crippen LogP contribution in [-0.2, 0) is 24.4 Å². The summed E-state index contributed by atoms with van der Waals surface area (Å²) in [6, 6.07) is 51.4. The third kappa shape index (κ3) is 4.96. The van der Waals surface area contributed by atoms with E-state index in [2.05, 4.69) is 151 Å². The summed E-state index contributed by atoms with van der Waals surface area (Å²) in [5.41, 5.74) is 7.95. The molecule has 4 aliphatic heterocycles. The number of hydrogen-bond acceptors (Lipinski definition) is 7. The van der Waals surface area contributed by atoms with E-state index < -0.39 is 0 Å². The summed E-state index contributed by atoms with van der Waals surface area (Å²) in [6.45, 7) is 0.428. The van der Waals surface area contributed by atoms with Gasteiger partial charge in [-0.2, -0.15) is 0 Å². The summed E-state index contributed by atoms with van der Waals surface area (Å²) < 4.78 is 0.983. The van der Waals surface area contributed by atoms with E-state index in [-0.39, 0.29) is 0 Å². The third-order valence-electron chi connectivity index (χ3n) is 11.1. The van der Waals surface area contributed by atoms with Crippen LogP contribution in [0.3, 0.4) is 0 Å². The normalized spacial score (nSPS) is 15.6. The molecule has 0 aromatic heterocycles. The van der Waals surface area contributed by atoms with Gasteiger partial charge in [-0.25, -0.2) is 0 Å². The van der Waals surface area contributed by atoms with Crippen LogP contribution < -0.4 is 5.32 Å². The molecular weight excluding hydrogens is 740 g/mol. The Hall–Kier alpha value is -6.89. The molecule has 0 radical (unpaired) electrons. The second-order valence-corrected chi connectivity index (χ2v) is 15.9. The zero-order valence-corrected chi connectivity index (χ0v) is 32.9. The zero-order valence-electron chi connectivity index (χ0n) is 30.0. The van der Waals surface area contributed by atoms with Gasteiger partial charge in [0.1, 0.15) is 0 Å². The number of aliphatic imine (C=N–C) groups is 6. The molecule has 0 saturated carbocycles. The molecule has 56 heavy (non-hydrogen) atoms. The van der Waals surface area contributed by atoms with Crippen LogP contribution in [0.25, 0.3) is 43.1 Å². The van der Waals surface area contributed by atoms with Crippen LogP contribution in [0.2, 0.25) is 0 Å². The Kier molecular flexibility index (Phi) is 6.77. The standard InChI is InChI=1S/C48H27N7.Zn/c1-2-10-28-18-36-26-50-44-38-20-30-12-4-6-14-32(30)22-40(38)46(52-44)54-48-42-24-34-16-8-7-15-33(34)23-41(42)47(55-48)53-45-39-21-31-13-5-3-11-29(31)19-37(39)43(51-45)49-25-35(36)17-27(28)9-1;/h1-24H,25H2,(H,49,51,52,53,54,55);. The summed E-state index contributed by atoms with van der Waals surface area (Å²) >= 11 is 0.827. The van der Waals surface area contributed by atoms with E-state index in [0.717, 1.165) is 110 Å². The molecule has 12 rings (SSSR count). The van der Waals surface area contributed by atoms with Gasteiger partial charge in [0.25, 0.3) is 0 Å². The van der Waals surface area contributed by atoms with Gasteiger partial charge in [-0.1, -0.05) is 6.07 Å². The number of fused-ring (bicyclic) bond motifs is 17. The SMILES string of the molecule is [Zn]=[C]1N=C2N=C(NC3=NC(=NC4=NC(=NCc5cc6ccccc6cc51)c1cc5ccccc5cc14)c1cc4ccccc4cc13)c1cc3ccccc3cc12. The topological polar surface area (TPSA) is 86.2 Å². The Labute approximate surface area is 330 Å². The van der Waals surface area contributed by atoms with Crippen LogP contribution in [0, 0.1) is 0 Å². The third-order valence-corrected chi connectivity index (χ3v) is 12.3. The van der Waals surface area contributed by atoms with Gasteiger partial charge in [0.15, 0.2) is 0 Å². The van der Waals surface area contributed by atoms with Crippen molar-refractivity contribution in [2.75, 3.05) is 0 Å². The van der Waals surface area contributed by atoms with Gasteiger partial charge in [-0.15, -0.1) is 0 Å². The number of benzene rings is 8. The van der Waals surface area contributed by atoms with Gasteiger partial charge in [-0.05, 0) is 0 Å². The Morgan fingerprint density at radius 1 is 0.357 bits per heavy atom. The fourth-order valence-electron chi connectivity index (χ4n) is 8.34. The minimum atomic E-state index is 0.428. The first-order chi connectivity index (χ1) is 27.6. The summed E-state index contributed by atoms with van der Waals surface area (Å²) in [4.78, 5) is 31.5. The average Bonchev–Trinajstić information content (AvgIpc) is 3.86. The van der Waals surface area contributed by atoms with Crippen LogP contribution in [0.5, 0.6) is 0 Å². The van der Waals surface area contributed by atoms with E-state index >= 15 is 0 Å². The van der Waals surface area contributed by atoms with Crippen molar-refractivity contribution in [3.8, 4) is 0 Å². The number of amidine groups is 6. The summed E-state index contributed by atoms with van der Waals surface area (Å²) in [5, 5.41) is 12.8. The predicted molar refractivity (Wildman–Crippen MR) is 226 cm³/mol. The molecule has 256 valence electrons. The number of rotatable bonds is 0. The van der Waals surface area contributed by atoms with Crippen molar-refractivity contribution >= 4 is 82.3 Å². The van der Waals surface area contributed by atoms with E-state index in [1.807, 2.05) is 0 Å². The summed E-state index contributed by atoms with van der Waals surface area (Å²) in [7, 11) is 0. The minimum absolute atomic E-state index is 0.428. The summed E-state index contributed by atoms with van der Waals surface area (Å²) in [5.74, 6) is 3.93. The number of hydrogen-bond donors (Lipinski definition) is 1. The molecule has 0 fully saturated rings. The first-order valence-corrected chi connectivity index (χ1v) is 20.1. The molecule has 0 amide bonds. The van der Waals surface area contributed by atoms with E-state index in [0.29, 0.717) is 41.6 Å². The van der Waals surface area contributed by atoms with E-state index in [1.165, 1.54) is 0 Å². The van der Waals surface area contributed by atoms with Crippen LogP contribution in [-0.4, -0.2) is 39.2 Å². The van der Waals surface area contributed by atoms with E-state index in [9.17, 15) is 0 Å². The molecule has 4 aliphatic rings. The van der Waals surface area contributed by atoms with Crippen LogP contribution in [0.15, 0.2) is 176 Å². The quantitative estimate of drug-likeness (QED) is 0.154. The van der Waals surface area contributed by atoms with Crippen molar-refractivity contribution in [3.63, 3.8) is 0 Å². The predicted octanol–water partition coefficient (Wildman–Crippen LogP) is 9.05. The van der Waals surface area contributed by atoms with E-state index in [4.69, 9.17) is 30.0 Å². The van der Waals surface area contributed by atoms with Crippen LogP contribution >= 0.6 is 0 Å². The molecule has 8 heteroatoms. The van der Waals surface area contributed by atoms with Crippen molar-refractivity contribution in [1.82, 2.24) is 5.32 Å². The molecule has 8 aromatic rings. The fraction of sp³-hybridized carbons (Fsp3) is 0.0208. The monoisotopic (exact) mass is 765 g/mol. The molecule has 1 N–H and O–H groups in total. The van der Waals surface area contributed by atoms with Crippen LogP contribution in [0.1, 0.15) is 44.5 Å². The second kappa shape index (κ2) is 12.1. The van der Waals surface area contributed by atoms with Crippen molar-refractivity contribution in [3.05, 3.63) is 190 Å². The summed E-state index contributed by atoms with van der Waals surface area (Å²) in [6.07, 6.45) is 0. The molecule has 4 heterocycles. The Bertz CT molecular complexity index is 3330. The molecular formula is C48H27N7Zn. The van der Waals surface area contributed by atoms with Gasteiger partial charge in [0.2, 0.25) is 0 Å². The zero-order chi connectivity index (χ0) is 36.9. The molecule has 0 spiro atoms. The second-order valence-electron chi connectivity index (χ2n) is 14.5. The van der Waals surface area contributed by atoms with Gasteiger partial charge >= 0.3 is 326 Å². The van der Waals surface area contributed by atoms with Crippen molar-refractivity contribution in [1.29, 1.82) is 0 Å². The molecule has 6 bridgehead atoms. The molecule has 0 atom stereocenters. The first kappa shape index (κ1) is 31.5. The van der Waals surface area contributed by atoms with Crippen molar-refractivity contribution < 1.29 is 17.9 Å². The van der Waals surface area contributed by atoms with Crippen molar-refractivity contribution in [2.45, 2.75) is 6.54 Å². The van der Waals surface area contributed by atoms with Gasteiger partial charge in [0.05, 0.1) is 0 Å². The van der Waals surface area contributed by atoms with Crippen molar-refractivity contribution in [2.24, 2.45) is 30.0 Å². The maximum absolute atomic E-state index is 5.37. The van der Waals surface area contributed by atoms with Gasteiger partial charge in [0, 0.05) is 0 Å². The Morgan fingerprint density at radius 2 is 0.696 bits per heavy atom. The number of nitrogens with one attached hydrogen (secondary N) is 1. The first-order valence-electron chi connectivity index (χ1n) is 18.7. The van der Waals surface area contributed by atoms with Crippen LogP contribution in [0.4, 0.5) is 0 Å². The van der Waals surface area contributed by atoms with E-state index in [1.54, 1.807) is 0 Å². The maximum atomic E-state index is 5.37. The van der Waals surface area contributed by atoms with Gasteiger partial charge in [-0.3, -0.25) is 0 Å². The Balaban J connectivity index is 1.13. The molecule has 8 aromatic carbocycles.